The van der Waals surface area contributed by atoms with Gasteiger partial charge >= 0.3 is 0 Å². The largest absolute Gasteiger partial charge is 0.320 e. The quantitative estimate of drug-likeness (QED) is 0.842. The van der Waals surface area contributed by atoms with Crippen molar-refractivity contribution in [2.24, 2.45) is 5.73 Å². The molecule has 0 aliphatic carbocycles. The fraction of sp³-hybridized carbons (Fsp3) is 0.455. The average molecular weight is 237 g/mol. The zero-order valence-corrected chi connectivity index (χ0v) is 10.4. The summed E-state index contributed by atoms with van der Waals surface area (Å²) >= 11 is 1.41. The van der Waals surface area contributed by atoms with Crippen LogP contribution in [0.2, 0.25) is 0 Å². The summed E-state index contributed by atoms with van der Waals surface area (Å²) in [5.41, 5.74) is 7.08. The molecule has 1 aromatic rings. The van der Waals surface area contributed by atoms with Crippen LogP contribution in [0.25, 0.3) is 0 Å². The Labute approximate surface area is 99.1 Å². The molecule has 1 rings (SSSR count). The van der Waals surface area contributed by atoms with Crippen LogP contribution in [0, 0.1) is 25.2 Å². The topological polar surface area (TPSA) is 78.9 Å². The number of nitrogens with one attached hydrogen (secondary N) is 1. The first-order valence-electron chi connectivity index (χ1n) is 5.07. The number of hydrogen-bond donors (Lipinski definition) is 2. The standard InChI is InChI=1S/C11H15N3OS/c1-4-9(13)10(15)14-11-8(5-12)6(2)7(3)16-11/h9H,4,13H2,1-3H3,(H,14,15)/t9-/m0/s1. The average Bonchev–Trinajstić information content (AvgIpc) is 2.53. The summed E-state index contributed by atoms with van der Waals surface area (Å²) in [5.74, 6) is -0.236. The lowest BCUT2D eigenvalue weighted by molar-refractivity contribution is -0.117. The van der Waals surface area contributed by atoms with Crippen LogP contribution in [0.4, 0.5) is 5.00 Å². The van der Waals surface area contributed by atoms with E-state index in [-0.39, 0.29) is 5.91 Å². The molecule has 4 nitrogen and oxygen atoms in total. The van der Waals surface area contributed by atoms with Crippen molar-refractivity contribution in [1.29, 1.82) is 5.26 Å². The molecule has 1 heterocycles. The zero-order valence-electron chi connectivity index (χ0n) is 9.63. The van der Waals surface area contributed by atoms with Crippen LogP contribution < -0.4 is 11.1 Å². The molecule has 0 radical (unpaired) electrons. The van der Waals surface area contributed by atoms with Gasteiger partial charge in [0, 0.05) is 4.88 Å². The third-order valence-corrected chi connectivity index (χ3v) is 3.63. The summed E-state index contributed by atoms with van der Waals surface area (Å²) < 4.78 is 0. The number of carbonyl (C=O) groups excluding carboxylic acids is 1. The Bertz CT molecular complexity index is 445. The van der Waals surface area contributed by atoms with Gasteiger partial charge in [0.25, 0.3) is 0 Å². The molecule has 0 saturated carbocycles. The minimum atomic E-state index is -0.519. The zero-order chi connectivity index (χ0) is 12.3. The molecule has 5 heteroatoms. The highest BCUT2D eigenvalue weighted by molar-refractivity contribution is 7.16. The second-order valence-corrected chi connectivity index (χ2v) is 4.83. The van der Waals surface area contributed by atoms with Crippen molar-refractivity contribution in [2.75, 3.05) is 5.32 Å². The monoisotopic (exact) mass is 237 g/mol. The molecule has 3 N–H and O–H groups in total. The molecule has 0 saturated heterocycles. The van der Waals surface area contributed by atoms with E-state index in [1.165, 1.54) is 11.3 Å². The number of nitriles is 1. The fourth-order valence-corrected chi connectivity index (χ4v) is 2.25. The van der Waals surface area contributed by atoms with Gasteiger partial charge in [-0.3, -0.25) is 4.79 Å². The fourth-order valence-electron chi connectivity index (χ4n) is 1.24. The van der Waals surface area contributed by atoms with Crippen molar-refractivity contribution in [3.63, 3.8) is 0 Å². The highest BCUT2D eigenvalue weighted by Gasteiger charge is 2.17. The van der Waals surface area contributed by atoms with E-state index in [4.69, 9.17) is 11.0 Å². The van der Waals surface area contributed by atoms with E-state index in [0.29, 0.717) is 17.0 Å². The Morgan fingerprint density at radius 1 is 1.62 bits per heavy atom. The lowest BCUT2D eigenvalue weighted by atomic mass is 10.2. The minimum absolute atomic E-state index is 0.236. The first kappa shape index (κ1) is 12.7. The van der Waals surface area contributed by atoms with E-state index in [0.717, 1.165) is 10.4 Å². The van der Waals surface area contributed by atoms with Gasteiger partial charge in [-0.2, -0.15) is 5.26 Å². The number of nitrogens with zero attached hydrogens (tertiary/aromatic N) is 1. The van der Waals surface area contributed by atoms with Gasteiger partial charge in [0.1, 0.15) is 11.1 Å². The number of carbonyl (C=O) groups is 1. The van der Waals surface area contributed by atoms with Crippen LogP contribution in [0.15, 0.2) is 0 Å². The van der Waals surface area contributed by atoms with E-state index in [2.05, 4.69) is 11.4 Å². The number of rotatable bonds is 3. The maximum Gasteiger partial charge on any atom is 0.241 e. The molecule has 1 amide bonds. The summed E-state index contributed by atoms with van der Waals surface area (Å²) in [4.78, 5) is 12.6. The molecule has 0 bridgehead atoms. The molecule has 0 aliphatic heterocycles. The molecule has 0 unspecified atom stereocenters. The van der Waals surface area contributed by atoms with Crippen LogP contribution in [0.3, 0.4) is 0 Å². The molecule has 16 heavy (non-hydrogen) atoms. The van der Waals surface area contributed by atoms with Crippen molar-refractivity contribution in [3.8, 4) is 6.07 Å². The molecule has 0 aromatic carbocycles. The van der Waals surface area contributed by atoms with Crippen LogP contribution in [-0.4, -0.2) is 11.9 Å². The summed E-state index contributed by atoms with van der Waals surface area (Å²) in [5, 5.41) is 12.3. The normalized spacial score (nSPS) is 11.9. The molecule has 1 atom stereocenters. The van der Waals surface area contributed by atoms with E-state index in [1.807, 2.05) is 20.8 Å². The predicted octanol–water partition coefficient (Wildman–Crippen LogP) is 1.91. The number of thiophene rings is 1. The van der Waals surface area contributed by atoms with Gasteiger partial charge < -0.3 is 11.1 Å². The van der Waals surface area contributed by atoms with E-state index < -0.39 is 6.04 Å². The number of aryl methyl sites for hydroxylation is 1. The SMILES string of the molecule is CC[C@H](N)C(=O)Nc1sc(C)c(C)c1C#N. The van der Waals surface area contributed by atoms with Gasteiger partial charge in [-0.1, -0.05) is 6.92 Å². The second kappa shape index (κ2) is 5.10. The molecule has 0 aliphatic rings. The molecule has 1 aromatic heterocycles. The van der Waals surface area contributed by atoms with E-state index >= 15 is 0 Å². The number of amides is 1. The Morgan fingerprint density at radius 3 is 2.75 bits per heavy atom. The molecular weight excluding hydrogens is 222 g/mol. The summed E-state index contributed by atoms with van der Waals surface area (Å²) in [7, 11) is 0. The lowest BCUT2D eigenvalue weighted by Gasteiger charge is -2.08. The lowest BCUT2D eigenvalue weighted by Crippen LogP contribution is -2.34. The number of anilines is 1. The Kier molecular flexibility index (Phi) is 4.05. The molecular formula is C11H15N3OS. The maximum atomic E-state index is 11.6. The van der Waals surface area contributed by atoms with Crippen molar-refractivity contribution >= 4 is 22.2 Å². The summed E-state index contributed by atoms with van der Waals surface area (Å²) in [6.45, 7) is 5.65. The Hall–Kier alpha value is -1.38. The van der Waals surface area contributed by atoms with Gasteiger partial charge in [0.15, 0.2) is 0 Å². The number of hydrogen-bond acceptors (Lipinski definition) is 4. The van der Waals surface area contributed by atoms with Gasteiger partial charge in [-0.05, 0) is 25.8 Å². The van der Waals surface area contributed by atoms with Crippen molar-refractivity contribution in [1.82, 2.24) is 0 Å². The van der Waals surface area contributed by atoms with Crippen LogP contribution in [0.5, 0.6) is 0 Å². The Balaban J connectivity index is 2.95. The summed E-state index contributed by atoms with van der Waals surface area (Å²) in [6.07, 6.45) is 0.580. The van der Waals surface area contributed by atoms with Crippen molar-refractivity contribution in [2.45, 2.75) is 33.2 Å². The first-order chi connectivity index (χ1) is 7.51. The highest BCUT2D eigenvalue weighted by atomic mass is 32.1. The summed E-state index contributed by atoms with van der Waals surface area (Å²) in [6, 6.07) is 1.58. The van der Waals surface area contributed by atoms with Crippen molar-refractivity contribution in [3.05, 3.63) is 16.0 Å². The highest BCUT2D eigenvalue weighted by Crippen LogP contribution is 2.31. The first-order valence-corrected chi connectivity index (χ1v) is 5.89. The van der Waals surface area contributed by atoms with Gasteiger partial charge in [-0.15, -0.1) is 11.3 Å². The van der Waals surface area contributed by atoms with Gasteiger partial charge in [0.2, 0.25) is 5.91 Å². The van der Waals surface area contributed by atoms with E-state index in [1.54, 1.807) is 0 Å². The Morgan fingerprint density at radius 2 is 2.25 bits per heavy atom. The van der Waals surface area contributed by atoms with Crippen LogP contribution in [-0.2, 0) is 4.79 Å². The van der Waals surface area contributed by atoms with Crippen LogP contribution in [0.1, 0.15) is 29.3 Å². The maximum absolute atomic E-state index is 11.6. The molecule has 0 fully saturated rings. The van der Waals surface area contributed by atoms with Gasteiger partial charge in [0.05, 0.1) is 11.6 Å². The van der Waals surface area contributed by atoms with Crippen molar-refractivity contribution < 1.29 is 4.79 Å². The minimum Gasteiger partial charge on any atom is -0.320 e. The van der Waals surface area contributed by atoms with Crippen LogP contribution >= 0.6 is 11.3 Å². The third-order valence-electron chi connectivity index (χ3n) is 2.51. The molecule has 86 valence electrons. The smallest absolute Gasteiger partial charge is 0.241 e. The third kappa shape index (κ3) is 2.40. The number of nitrogens with two attached hydrogens (primary N) is 1. The van der Waals surface area contributed by atoms with Gasteiger partial charge in [-0.25, -0.2) is 0 Å². The second-order valence-electron chi connectivity index (χ2n) is 3.60. The van der Waals surface area contributed by atoms with E-state index in [9.17, 15) is 4.79 Å². The molecule has 0 spiro atoms. The predicted molar refractivity (Wildman–Crippen MR) is 65.4 cm³/mol.